The minimum absolute atomic E-state index is 0.0285. The molecule has 4 aliphatic carbocycles. The summed E-state index contributed by atoms with van der Waals surface area (Å²) in [7, 11) is 0. The Kier molecular flexibility index (Phi) is 4.00. The molecule has 0 aromatic heterocycles. The van der Waals surface area contributed by atoms with Crippen LogP contribution in [0.3, 0.4) is 0 Å². The van der Waals surface area contributed by atoms with E-state index in [2.05, 4.69) is 0 Å². The third-order valence-electron chi connectivity index (χ3n) is 9.53. The maximum atomic E-state index is 16.9. The van der Waals surface area contributed by atoms with E-state index in [4.69, 9.17) is 0 Å². The van der Waals surface area contributed by atoms with Gasteiger partial charge in [-0.2, -0.15) is 0 Å². The molecule has 0 aromatic carbocycles. The van der Waals surface area contributed by atoms with Gasteiger partial charge in [-0.1, -0.05) is 26.8 Å². The first-order valence-electron chi connectivity index (χ1n) is 10.3. The van der Waals surface area contributed by atoms with E-state index in [1.807, 2.05) is 20.8 Å². The van der Waals surface area contributed by atoms with Crippen molar-refractivity contribution in [3.8, 4) is 0 Å². The largest absolute Gasteiger partial charge is 0.390 e. The van der Waals surface area contributed by atoms with Gasteiger partial charge in [0.2, 0.25) is 0 Å². The van der Waals surface area contributed by atoms with E-state index in [0.717, 1.165) is 0 Å². The van der Waals surface area contributed by atoms with Gasteiger partial charge in [-0.3, -0.25) is 9.59 Å². The molecule has 0 aromatic rings. The van der Waals surface area contributed by atoms with Crippen LogP contribution in [0.2, 0.25) is 0 Å². The molecule has 3 nitrogen and oxygen atoms in total. The van der Waals surface area contributed by atoms with Crippen LogP contribution in [0.5, 0.6) is 0 Å². The second-order valence-corrected chi connectivity index (χ2v) is 10.3. The highest BCUT2D eigenvalue weighted by Crippen LogP contribution is 2.73. The first-order valence-corrected chi connectivity index (χ1v) is 10.3. The molecule has 0 radical (unpaired) electrons. The maximum Gasteiger partial charge on any atom is 0.178 e. The van der Waals surface area contributed by atoms with Crippen molar-refractivity contribution in [1.29, 1.82) is 0 Å². The molecule has 0 bridgehead atoms. The summed E-state index contributed by atoms with van der Waals surface area (Å²) in [6.45, 7) is 9.10. The average molecular weight is 392 g/mol. The molecule has 154 valence electrons. The molecule has 4 rings (SSSR count). The number of ketones is 2. The number of carbonyl (C=O) groups is 2. The van der Waals surface area contributed by atoms with Crippen LogP contribution in [-0.4, -0.2) is 34.6 Å². The fraction of sp³-hybridized carbons (Fsp3) is 0.739. The number of hydrogen-bond acceptors (Lipinski definition) is 3. The number of aliphatic hydroxyl groups excluding tert-OH is 1. The highest BCUT2D eigenvalue weighted by molar-refractivity contribution is 6.01. The third kappa shape index (κ3) is 1.97. The van der Waals surface area contributed by atoms with E-state index in [9.17, 15) is 14.7 Å². The van der Waals surface area contributed by atoms with Gasteiger partial charge in [0.1, 0.15) is 12.0 Å². The van der Waals surface area contributed by atoms with Crippen LogP contribution in [0.4, 0.5) is 8.78 Å². The zero-order valence-electron chi connectivity index (χ0n) is 17.3. The molecule has 0 amide bonds. The number of halogens is 2. The molecule has 0 spiro atoms. The Hall–Kier alpha value is -1.36. The lowest BCUT2D eigenvalue weighted by Crippen LogP contribution is -2.69. The van der Waals surface area contributed by atoms with Crippen molar-refractivity contribution in [2.75, 3.05) is 0 Å². The van der Waals surface area contributed by atoms with Gasteiger partial charge in [-0.25, -0.2) is 8.78 Å². The van der Waals surface area contributed by atoms with E-state index >= 15 is 8.78 Å². The van der Waals surface area contributed by atoms with Gasteiger partial charge in [0.05, 0.1) is 6.10 Å². The molecule has 4 aliphatic rings. The lowest BCUT2D eigenvalue weighted by molar-refractivity contribution is -0.210. The highest BCUT2D eigenvalue weighted by Gasteiger charge is 2.75. The fourth-order valence-electron chi connectivity index (χ4n) is 7.51. The molecular formula is C23H30F2O3. The third-order valence-corrected chi connectivity index (χ3v) is 9.53. The maximum absolute atomic E-state index is 16.9. The average Bonchev–Trinajstić information content (AvgIpc) is 2.81. The summed E-state index contributed by atoms with van der Waals surface area (Å²) in [4.78, 5) is 24.5. The minimum atomic E-state index is -2.06. The standard InChI is InChI=1S/C23H30F2O3/c1-12-8-15-16-10-18(24)17-9-14(27)6-7-20(17,3)23(16,25)19(28)11-21(15,4)22(12,5)13(2)26/h6-7,9,12,15-16,18-19,28H,8,10-11H2,1-5H3/t12?,15?,16?,18-,19-,20?,21?,22+,23-/m0/s1. The van der Waals surface area contributed by atoms with Crippen molar-refractivity contribution < 1.29 is 23.5 Å². The summed E-state index contributed by atoms with van der Waals surface area (Å²) in [6.07, 6.45) is 1.93. The topological polar surface area (TPSA) is 54.4 Å². The highest BCUT2D eigenvalue weighted by atomic mass is 19.1. The second kappa shape index (κ2) is 5.62. The molecular weight excluding hydrogens is 362 g/mol. The van der Waals surface area contributed by atoms with Crippen molar-refractivity contribution >= 4 is 11.6 Å². The first kappa shape index (κ1) is 19.9. The molecule has 5 unspecified atom stereocenters. The number of carbonyl (C=O) groups excluding carboxylic acids is 2. The lowest BCUT2D eigenvalue weighted by atomic mass is 9.43. The number of fused-ring (bicyclic) bond motifs is 5. The van der Waals surface area contributed by atoms with Crippen molar-refractivity contribution in [1.82, 2.24) is 0 Å². The Morgan fingerprint density at radius 1 is 1.21 bits per heavy atom. The van der Waals surface area contributed by atoms with Gasteiger partial charge in [-0.15, -0.1) is 0 Å². The van der Waals surface area contributed by atoms with E-state index in [0.29, 0.717) is 6.42 Å². The van der Waals surface area contributed by atoms with Crippen molar-refractivity contribution in [3.63, 3.8) is 0 Å². The predicted molar refractivity (Wildman–Crippen MR) is 102 cm³/mol. The van der Waals surface area contributed by atoms with Gasteiger partial charge in [0.25, 0.3) is 0 Å². The summed E-state index contributed by atoms with van der Waals surface area (Å²) in [5.41, 5.74) is -4.56. The van der Waals surface area contributed by atoms with Crippen LogP contribution in [-0.2, 0) is 9.59 Å². The van der Waals surface area contributed by atoms with E-state index < -0.39 is 40.1 Å². The first-order chi connectivity index (χ1) is 12.8. The zero-order valence-corrected chi connectivity index (χ0v) is 17.3. The second-order valence-electron chi connectivity index (χ2n) is 10.3. The minimum Gasteiger partial charge on any atom is -0.390 e. The molecule has 9 atom stereocenters. The van der Waals surface area contributed by atoms with Crippen LogP contribution < -0.4 is 0 Å². The van der Waals surface area contributed by atoms with E-state index in [-0.39, 0.29) is 41.8 Å². The summed E-state index contributed by atoms with van der Waals surface area (Å²) < 4.78 is 32.2. The van der Waals surface area contributed by atoms with Crippen LogP contribution in [0.1, 0.15) is 53.9 Å². The monoisotopic (exact) mass is 392 g/mol. The Labute approximate surface area is 165 Å². The number of aliphatic hydroxyl groups is 1. The number of rotatable bonds is 1. The van der Waals surface area contributed by atoms with Crippen molar-refractivity contribution in [2.45, 2.75) is 71.8 Å². The predicted octanol–water partition coefficient (Wildman–Crippen LogP) is 4.15. The zero-order chi connectivity index (χ0) is 20.9. The fourth-order valence-corrected chi connectivity index (χ4v) is 7.51. The summed E-state index contributed by atoms with van der Waals surface area (Å²) in [5, 5.41) is 11.2. The normalized spacial score (nSPS) is 55.2. The quantitative estimate of drug-likeness (QED) is 0.729. The van der Waals surface area contributed by atoms with Gasteiger partial charge < -0.3 is 5.11 Å². The summed E-state index contributed by atoms with van der Waals surface area (Å²) in [6, 6.07) is 0. The number of hydrogen-bond donors (Lipinski definition) is 1. The van der Waals surface area contributed by atoms with Crippen LogP contribution in [0.15, 0.2) is 23.8 Å². The van der Waals surface area contributed by atoms with Crippen molar-refractivity contribution in [3.05, 3.63) is 23.8 Å². The number of allylic oxidation sites excluding steroid dienone is 4. The molecule has 28 heavy (non-hydrogen) atoms. The smallest absolute Gasteiger partial charge is 0.178 e. The SMILES string of the molecule is CC(=O)[C@@]1(C)C(C)CC2C3C[C@H](F)C4=CC(=O)C=CC4(C)[C@@]3(F)[C@@H](O)CC21C. The van der Waals surface area contributed by atoms with Crippen LogP contribution >= 0.6 is 0 Å². The molecule has 5 heteroatoms. The Morgan fingerprint density at radius 2 is 1.86 bits per heavy atom. The van der Waals surface area contributed by atoms with Crippen LogP contribution in [0, 0.1) is 34.0 Å². The molecule has 1 N–H and O–H groups in total. The number of alkyl halides is 2. The number of Topliss-reactive ketones (excluding diaryl/α,β-unsaturated/α-hetero) is 1. The molecule has 0 heterocycles. The van der Waals surface area contributed by atoms with Gasteiger partial charge in [0, 0.05) is 16.7 Å². The van der Waals surface area contributed by atoms with Gasteiger partial charge >= 0.3 is 0 Å². The van der Waals surface area contributed by atoms with Crippen molar-refractivity contribution in [2.24, 2.45) is 34.0 Å². The van der Waals surface area contributed by atoms with Gasteiger partial charge in [-0.05, 0) is 68.1 Å². The Bertz CT molecular complexity index is 819. The van der Waals surface area contributed by atoms with E-state index in [1.165, 1.54) is 18.2 Å². The van der Waals surface area contributed by atoms with Gasteiger partial charge in [0.15, 0.2) is 11.5 Å². The molecule has 3 saturated carbocycles. The molecule has 3 fully saturated rings. The van der Waals surface area contributed by atoms with E-state index in [1.54, 1.807) is 13.8 Å². The Morgan fingerprint density at radius 3 is 2.46 bits per heavy atom. The Balaban J connectivity index is 1.88. The molecule has 0 saturated heterocycles. The summed E-state index contributed by atoms with van der Waals surface area (Å²) in [5.74, 6) is -1.18. The molecule has 0 aliphatic heterocycles. The summed E-state index contributed by atoms with van der Waals surface area (Å²) >= 11 is 0. The van der Waals surface area contributed by atoms with Crippen LogP contribution in [0.25, 0.3) is 0 Å². The lowest BCUT2D eigenvalue weighted by Gasteiger charge is -2.63.